The van der Waals surface area contributed by atoms with Crippen LogP contribution in [0.5, 0.6) is 5.75 Å². The van der Waals surface area contributed by atoms with Gasteiger partial charge in [0.1, 0.15) is 5.75 Å². The van der Waals surface area contributed by atoms with Crippen molar-refractivity contribution in [3.05, 3.63) is 64.7 Å². The van der Waals surface area contributed by atoms with Gasteiger partial charge in [0.2, 0.25) is 0 Å². The minimum Gasteiger partial charge on any atom is -0.493 e. The van der Waals surface area contributed by atoms with E-state index in [0.717, 1.165) is 22.8 Å². The highest BCUT2D eigenvalue weighted by Gasteiger charge is 2.11. The van der Waals surface area contributed by atoms with Crippen LogP contribution in [-0.2, 0) is 6.42 Å². The highest BCUT2D eigenvalue weighted by Crippen LogP contribution is 2.21. The summed E-state index contributed by atoms with van der Waals surface area (Å²) in [6.45, 7) is 7.20. The van der Waals surface area contributed by atoms with E-state index in [1.165, 1.54) is 5.56 Å². The highest BCUT2D eigenvalue weighted by molar-refractivity contribution is 6.31. The quantitative estimate of drug-likeness (QED) is 0.755. The molecule has 0 N–H and O–H groups in total. The van der Waals surface area contributed by atoms with E-state index in [1.807, 2.05) is 30.3 Å². The molecule has 1 radical (unpaired) electrons. The molecule has 20 heavy (non-hydrogen) atoms. The van der Waals surface area contributed by atoms with Crippen LogP contribution in [-0.4, -0.2) is 6.61 Å². The van der Waals surface area contributed by atoms with Gasteiger partial charge >= 0.3 is 0 Å². The van der Waals surface area contributed by atoms with Gasteiger partial charge in [-0.05, 0) is 53.3 Å². The molecule has 2 rings (SSSR count). The number of hydrogen-bond donors (Lipinski definition) is 0. The summed E-state index contributed by atoms with van der Waals surface area (Å²) >= 11 is 6.16. The molecule has 0 heterocycles. The molecule has 0 amide bonds. The molecule has 0 aliphatic heterocycles. The Hall–Kier alpha value is -1.47. The van der Waals surface area contributed by atoms with Crippen molar-refractivity contribution in [3.8, 4) is 5.75 Å². The standard InChI is InChI=1S/C18H20ClO/c1-18(2,3)13-20-16-10-8-14(9-11-16)12-15-6-4-5-7-17(15)19/h5-11H,12-13H2,1-3H3. The van der Waals surface area contributed by atoms with Gasteiger partial charge in [-0.1, -0.05) is 50.6 Å². The molecule has 0 fully saturated rings. The lowest BCUT2D eigenvalue weighted by molar-refractivity contribution is 0.198. The van der Waals surface area contributed by atoms with Crippen LogP contribution in [0.1, 0.15) is 31.9 Å². The molecule has 2 aromatic rings. The number of rotatable bonds is 4. The molecule has 0 bridgehead atoms. The van der Waals surface area contributed by atoms with Crippen molar-refractivity contribution in [2.24, 2.45) is 5.41 Å². The average Bonchev–Trinajstić information content (AvgIpc) is 2.40. The Morgan fingerprint density at radius 1 is 1.10 bits per heavy atom. The molecule has 0 saturated carbocycles. The summed E-state index contributed by atoms with van der Waals surface area (Å²) in [6, 6.07) is 16.9. The summed E-state index contributed by atoms with van der Waals surface area (Å²) in [6.07, 6.45) is 0.815. The molecule has 0 atom stereocenters. The van der Waals surface area contributed by atoms with E-state index in [4.69, 9.17) is 16.3 Å². The van der Waals surface area contributed by atoms with Crippen LogP contribution in [0.2, 0.25) is 5.02 Å². The van der Waals surface area contributed by atoms with Crippen molar-refractivity contribution < 1.29 is 4.74 Å². The van der Waals surface area contributed by atoms with Gasteiger partial charge in [-0.2, -0.15) is 0 Å². The Bertz CT molecular complexity index is 552. The summed E-state index contributed by atoms with van der Waals surface area (Å²) < 4.78 is 5.77. The van der Waals surface area contributed by atoms with E-state index >= 15 is 0 Å². The maximum atomic E-state index is 6.16. The molecular formula is C18H20ClO. The summed E-state index contributed by atoms with van der Waals surface area (Å²) in [7, 11) is 0. The lowest BCUT2D eigenvalue weighted by Gasteiger charge is -2.18. The van der Waals surface area contributed by atoms with Gasteiger partial charge in [0, 0.05) is 5.02 Å². The van der Waals surface area contributed by atoms with Crippen LogP contribution in [0, 0.1) is 11.5 Å². The molecule has 0 spiro atoms. The van der Waals surface area contributed by atoms with Crippen LogP contribution in [0.25, 0.3) is 0 Å². The predicted molar refractivity (Wildman–Crippen MR) is 84.5 cm³/mol. The number of benzene rings is 2. The predicted octanol–water partition coefficient (Wildman–Crippen LogP) is 5.16. The van der Waals surface area contributed by atoms with Crippen molar-refractivity contribution in [3.63, 3.8) is 0 Å². The number of ether oxygens (including phenoxy) is 1. The van der Waals surface area contributed by atoms with E-state index in [-0.39, 0.29) is 5.41 Å². The van der Waals surface area contributed by atoms with Crippen molar-refractivity contribution >= 4 is 11.6 Å². The second-order valence-electron chi connectivity index (χ2n) is 6.19. The molecule has 0 aliphatic rings. The first kappa shape index (κ1) is 14.9. The Kier molecular flexibility index (Phi) is 4.72. The van der Waals surface area contributed by atoms with Crippen molar-refractivity contribution in [1.29, 1.82) is 0 Å². The maximum Gasteiger partial charge on any atom is 0.119 e. The van der Waals surface area contributed by atoms with Crippen LogP contribution in [0.3, 0.4) is 0 Å². The fourth-order valence-corrected chi connectivity index (χ4v) is 1.99. The lowest BCUT2D eigenvalue weighted by atomic mass is 9.99. The van der Waals surface area contributed by atoms with Gasteiger partial charge in [0.05, 0.1) is 6.61 Å². The van der Waals surface area contributed by atoms with Crippen LogP contribution < -0.4 is 4.74 Å². The first-order valence-electron chi connectivity index (χ1n) is 6.80. The van der Waals surface area contributed by atoms with Crippen LogP contribution in [0.4, 0.5) is 0 Å². The minimum atomic E-state index is 0.173. The fraction of sp³-hybridized carbons (Fsp3) is 0.333. The Labute approximate surface area is 126 Å². The van der Waals surface area contributed by atoms with Crippen molar-refractivity contribution in [2.45, 2.75) is 27.2 Å². The third-order valence-corrected chi connectivity index (χ3v) is 3.25. The zero-order valence-corrected chi connectivity index (χ0v) is 13.0. The van der Waals surface area contributed by atoms with Gasteiger partial charge in [-0.25, -0.2) is 0 Å². The molecule has 105 valence electrons. The largest absolute Gasteiger partial charge is 0.493 e. The zero-order chi connectivity index (χ0) is 14.6. The molecule has 2 aromatic carbocycles. The molecule has 0 saturated heterocycles. The smallest absolute Gasteiger partial charge is 0.119 e. The van der Waals surface area contributed by atoms with E-state index in [9.17, 15) is 0 Å². The maximum absolute atomic E-state index is 6.16. The van der Waals surface area contributed by atoms with Crippen LogP contribution in [0.15, 0.2) is 42.5 Å². The topological polar surface area (TPSA) is 9.23 Å². The summed E-state index contributed by atoms with van der Waals surface area (Å²) in [5, 5.41) is 0.789. The molecule has 0 aliphatic carbocycles. The van der Waals surface area contributed by atoms with E-state index in [1.54, 1.807) is 0 Å². The van der Waals surface area contributed by atoms with E-state index in [2.05, 4.69) is 39.0 Å². The third kappa shape index (κ3) is 4.57. The molecule has 0 unspecified atom stereocenters. The van der Waals surface area contributed by atoms with Gasteiger partial charge < -0.3 is 4.74 Å². The Morgan fingerprint density at radius 2 is 1.80 bits per heavy atom. The van der Waals surface area contributed by atoms with E-state index < -0.39 is 0 Å². The zero-order valence-electron chi connectivity index (χ0n) is 12.2. The van der Waals surface area contributed by atoms with E-state index in [0.29, 0.717) is 6.61 Å². The van der Waals surface area contributed by atoms with Gasteiger partial charge in [0.25, 0.3) is 0 Å². The summed E-state index contributed by atoms with van der Waals surface area (Å²) in [5.41, 5.74) is 2.48. The van der Waals surface area contributed by atoms with Gasteiger partial charge in [-0.3, -0.25) is 0 Å². The van der Waals surface area contributed by atoms with Crippen molar-refractivity contribution in [1.82, 2.24) is 0 Å². The van der Waals surface area contributed by atoms with Crippen LogP contribution >= 0.6 is 11.6 Å². The second-order valence-corrected chi connectivity index (χ2v) is 6.59. The average molecular weight is 288 g/mol. The normalized spacial score (nSPS) is 11.4. The highest BCUT2D eigenvalue weighted by atomic mass is 35.5. The third-order valence-electron chi connectivity index (χ3n) is 2.88. The molecule has 0 aromatic heterocycles. The second kappa shape index (κ2) is 6.32. The Balaban J connectivity index is 2.00. The van der Waals surface area contributed by atoms with Crippen molar-refractivity contribution in [2.75, 3.05) is 6.61 Å². The monoisotopic (exact) mass is 287 g/mol. The lowest BCUT2D eigenvalue weighted by Crippen LogP contribution is -2.16. The number of halogens is 1. The van der Waals surface area contributed by atoms with Gasteiger partial charge in [0.15, 0.2) is 0 Å². The fourth-order valence-electron chi connectivity index (χ4n) is 1.80. The first-order chi connectivity index (χ1) is 9.44. The van der Waals surface area contributed by atoms with Gasteiger partial charge in [-0.15, -0.1) is 0 Å². The molecule has 2 heteroatoms. The molecular weight excluding hydrogens is 268 g/mol. The molecule has 1 nitrogen and oxygen atoms in total. The number of hydrogen-bond acceptors (Lipinski definition) is 1. The first-order valence-corrected chi connectivity index (χ1v) is 7.18. The Morgan fingerprint density at radius 3 is 2.40 bits per heavy atom. The minimum absolute atomic E-state index is 0.173. The SMILES string of the molecule is CC(C)(C)COc1ccc(Cc2c[c]ccc2Cl)cc1. The summed E-state index contributed by atoms with van der Waals surface area (Å²) in [5.74, 6) is 0.911. The summed E-state index contributed by atoms with van der Waals surface area (Å²) in [4.78, 5) is 0.